The van der Waals surface area contributed by atoms with Crippen molar-refractivity contribution in [1.82, 2.24) is 0 Å². The van der Waals surface area contributed by atoms with Crippen molar-refractivity contribution >= 4 is 23.3 Å². The van der Waals surface area contributed by atoms with Gasteiger partial charge in [0.2, 0.25) is 5.70 Å². The van der Waals surface area contributed by atoms with Crippen molar-refractivity contribution in [2.45, 2.75) is 0 Å². The molecule has 0 amide bonds. The summed E-state index contributed by atoms with van der Waals surface area (Å²) in [5.74, 6) is -2.03. The monoisotopic (exact) mass is 272 g/mol. The molecule has 1 aromatic rings. The number of benzene rings is 1. The molecule has 5 nitrogen and oxygen atoms in total. The van der Waals surface area contributed by atoms with Crippen LogP contribution < -0.4 is 0 Å². The summed E-state index contributed by atoms with van der Waals surface area (Å²) in [5, 5.41) is 16.6. The maximum absolute atomic E-state index is 12.6. The maximum Gasteiger partial charge on any atom is 0.362 e. The van der Waals surface area contributed by atoms with Crippen LogP contribution in [0.3, 0.4) is 0 Å². The summed E-state index contributed by atoms with van der Waals surface area (Å²) >= 11 is 5.38. The van der Waals surface area contributed by atoms with Gasteiger partial charge in [0.1, 0.15) is 11.6 Å². The van der Waals surface area contributed by atoms with Gasteiger partial charge in [-0.2, -0.15) is 5.11 Å². The van der Waals surface area contributed by atoms with Crippen LogP contribution in [0.15, 0.2) is 46.0 Å². The van der Waals surface area contributed by atoms with Crippen molar-refractivity contribution < 1.29 is 19.0 Å². The molecule has 96 valence electrons. The molecule has 0 fully saturated rings. The third kappa shape index (κ3) is 3.81. The van der Waals surface area contributed by atoms with Gasteiger partial charge in [0.25, 0.3) is 0 Å². The second-order valence-corrected chi connectivity index (χ2v) is 3.36. The first kappa shape index (κ1) is 14.1. The average Bonchev–Trinajstić information content (AvgIpc) is 2.40. The van der Waals surface area contributed by atoms with Crippen LogP contribution in [0.1, 0.15) is 0 Å². The van der Waals surface area contributed by atoms with Crippen molar-refractivity contribution in [2.75, 3.05) is 13.0 Å². The van der Waals surface area contributed by atoms with E-state index in [1.54, 1.807) is 0 Å². The Morgan fingerprint density at radius 2 is 2.06 bits per heavy atom. The number of aliphatic hydroxyl groups excluding tert-OH is 1. The van der Waals surface area contributed by atoms with Gasteiger partial charge in [-0.3, -0.25) is 0 Å². The number of rotatable bonds is 4. The van der Waals surface area contributed by atoms with Crippen molar-refractivity contribution in [3.8, 4) is 0 Å². The Hall–Kier alpha value is -1.95. The van der Waals surface area contributed by atoms with Crippen LogP contribution in [-0.2, 0) is 9.53 Å². The quantitative estimate of drug-likeness (QED) is 0.301. The molecule has 7 heteroatoms. The predicted molar refractivity (Wildman–Crippen MR) is 63.3 cm³/mol. The lowest BCUT2D eigenvalue weighted by molar-refractivity contribution is -0.136. The third-order valence-corrected chi connectivity index (χ3v) is 2.12. The molecule has 1 N–H and O–H groups in total. The smallest absolute Gasteiger partial charge is 0.362 e. The highest BCUT2D eigenvalue weighted by Crippen LogP contribution is 2.16. The van der Waals surface area contributed by atoms with Gasteiger partial charge >= 0.3 is 5.97 Å². The molecule has 0 atom stereocenters. The normalized spacial score (nSPS) is 12.4. The van der Waals surface area contributed by atoms with E-state index in [2.05, 4.69) is 15.0 Å². The number of nitrogens with zero attached hydrogens (tertiary/aromatic N) is 2. The Morgan fingerprint density at radius 3 is 2.56 bits per heavy atom. The molecule has 0 saturated heterocycles. The molecule has 0 unspecified atom stereocenters. The van der Waals surface area contributed by atoms with Gasteiger partial charge in [-0.25, -0.2) is 9.18 Å². The number of ether oxygens (including phenoxy) is 1. The number of esters is 1. The van der Waals surface area contributed by atoms with Crippen LogP contribution in [0.25, 0.3) is 0 Å². The minimum Gasteiger partial charge on any atom is -0.508 e. The molecule has 0 aromatic heterocycles. The van der Waals surface area contributed by atoms with Crippen molar-refractivity contribution in [3.63, 3.8) is 0 Å². The van der Waals surface area contributed by atoms with E-state index >= 15 is 0 Å². The topological polar surface area (TPSA) is 71.2 Å². The summed E-state index contributed by atoms with van der Waals surface area (Å²) in [6, 6.07) is 5.12. The van der Waals surface area contributed by atoms with Gasteiger partial charge < -0.3 is 9.84 Å². The van der Waals surface area contributed by atoms with E-state index in [9.17, 15) is 14.3 Å². The Bertz CT molecular complexity index is 486. The van der Waals surface area contributed by atoms with E-state index in [1.807, 2.05) is 0 Å². The van der Waals surface area contributed by atoms with Gasteiger partial charge in [-0.15, -0.1) is 16.7 Å². The largest absolute Gasteiger partial charge is 0.508 e. The van der Waals surface area contributed by atoms with Gasteiger partial charge in [0, 0.05) is 0 Å². The zero-order chi connectivity index (χ0) is 13.5. The number of carbonyl (C=O) groups excluding carboxylic acids is 1. The van der Waals surface area contributed by atoms with E-state index in [0.29, 0.717) is 5.69 Å². The summed E-state index contributed by atoms with van der Waals surface area (Å²) in [6.07, 6.45) is 0. The molecule has 0 saturated carbocycles. The molecule has 0 radical (unpaired) electrons. The molecule has 0 bridgehead atoms. The van der Waals surface area contributed by atoms with Crippen LogP contribution in [0.5, 0.6) is 0 Å². The van der Waals surface area contributed by atoms with Gasteiger partial charge in [0.15, 0.2) is 0 Å². The van der Waals surface area contributed by atoms with Crippen LogP contribution in [0.4, 0.5) is 10.1 Å². The van der Waals surface area contributed by atoms with E-state index in [4.69, 9.17) is 11.6 Å². The number of halogens is 2. The lowest BCUT2D eigenvalue weighted by atomic mass is 10.3. The number of hydrogen-bond donors (Lipinski definition) is 1. The average molecular weight is 273 g/mol. The first-order valence-electron chi connectivity index (χ1n) is 4.82. The molecule has 0 spiro atoms. The molecule has 0 aliphatic heterocycles. The zero-order valence-corrected chi connectivity index (χ0v) is 10.2. The molecular weight excluding hydrogens is 263 g/mol. The molecule has 0 heterocycles. The number of carbonyl (C=O) groups is 1. The number of azo groups is 1. The number of methoxy groups -OCH3 is 1. The second kappa shape index (κ2) is 6.70. The van der Waals surface area contributed by atoms with E-state index in [0.717, 1.165) is 7.11 Å². The summed E-state index contributed by atoms with van der Waals surface area (Å²) in [6.45, 7) is 0. The number of allylic oxidation sites excluding steroid dienone is 1. The van der Waals surface area contributed by atoms with Gasteiger partial charge in [-0.1, -0.05) is 0 Å². The summed E-state index contributed by atoms with van der Waals surface area (Å²) in [5.41, 5.74) is -0.0722. The van der Waals surface area contributed by atoms with Gasteiger partial charge in [-0.05, 0) is 24.3 Å². The minimum absolute atomic E-state index is 0.299. The van der Waals surface area contributed by atoms with Crippen LogP contribution >= 0.6 is 11.6 Å². The summed E-state index contributed by atoms with van der Waals surface area (Å²) in [7, 11) is 1.14. The first-order chi connectivity index (χ1) is 8.58. The molecule has 0 aliphatic rings. The maximum atomic E-state index is 12.6. The highest BCUT2D eigenvalue weighted by molar-refractivity contribution is 6.19. The fraction of sp³-hybridized carbons (Fsp3) is 0.182. The van der Waals surface area contributed by atoms with Crippen LogP contribution in [0, 0.1) is 5.82 Å². The fourth-order valence-corrected chi connectivity index (χ4v) is 1.12. The third-order valence-electron chi connectivity index (χ3n) is 1.87. The predicted octanol–water partition coefficient (Wildman–Crippen LogP) is 3.09. The lowest BCUT2D eigenvalue weighted by Crippen LogP contribution is -2.06. The highest BCUT2D eigenvalue weighted by Gasteiger charge is 2.15. The Labute approximate surface area is 108 Å². The van der Waals surface area contributed by atoms with Crippen molar-refractivity contribution in [3.05, 3.63) is 41.5 Å². The van der Waals surface area contributed by atoms with E-state index < -0.39 is 23.2 Å². The van der Waals surface area contributed by atoms with Crippen molar-refractivity contribution in [1.29, 1.82) is 0 Å². The van der Waals surface area contributed by atoms with Crippen molar-refractivity contribution in [2.24, 2.45) is 10.2 Å². The Morgan fingerprint density at radius 1 is 1.44 bits per heavy atom. The number of alkyl halides is 1. The fourth-order valence-electron chi connectivity index (χ4n) is 0.992. The van der Waals surface area contributed by atoms with Crippen LogP contribution in [0.2, 0.25) is 0 Å². The Balaban J connectivity index is 2.97. The standard InChI is InChI=1S/C11H10ClFN2O3/c1-18-11(17)10(9(16)6-12)15-14-8-4-2-7(13)3-5-8/h2-5,16H,6H2,1H3/b10-9-,15-14?. The van der Waals surface area contributed by atoms with E-state index in [-0.39, 0.29) is 5.88 Å². The molecule has 18 heavy (non-hydrogen) atoms. The first-order valence-corrected chi connectivity index (χ1v) is 5.35. The highest BCUT2D eigenvalue weighted by atomic mass is 35.5. The molecular formula is C11H10ClFN2O3. The Kier molecular flexibility index (Phi) is 5.26. The van der Waals surface area contributed by atoms with Crippen LogP contribution in [-0.4, -0.2) is 24.1 Å². The second-order valence-electron chi connectivity index (χ2n) is 3.10. The zero-order valence-electron chi connectivity index (χ0n) is 9.43. The van der Waals surface area contributed by atoms with Gasteiger partial charge in [0.05, 0.1) is 18.7 Å². The molecule has 1 rings (SSSR count). The van der Waals surface area contributed by atoms with E-state index in [1.165, 1.54) is 24.3 Å². The number of hydrogen-bond acceptors (Lipinski definition) is 5. The minimum atomic E-state index is -0.862. The summed E-state index contributed by atoms with van der Waals surface area (Å²) in [4.78, 5) is 11.3. The number of aliphatic hydroxyl groups is 1. The lowest BCUT2D eigenvalue weighted by Gasteiger charge is -2.00. The molecule has 0 aliphatic carbocycles. The molecule has 1 aromatic carbocycles. The SMILES string of the molecule is COC(=O)/C(N=Nc1ccc(F)cc1)=C(/O)CCl. The summed E-state index contributed by atoms with van der Waals surface area (Å²) < 4.78 is 17.1.